The number of anilines is 1. The molecule has 27 heavy (non-hydrogen) atoms. The summed E-state index contributed by atoms with van der Waals surface area (Å²) < 4.78 is 5.26. The summed E-state index contributed by atoms with van der Waals surface area (Å²) in [7, 11) is 1.57. The lowest BCUT2D eigenvalue weighted by Crippen LogP contribution is -2.23. The summed E-state index contributed by atoms with van der Waals surface area (Å²) in [5.74, 6) is 0.565. The SMILES string of the molecule is COc1ccc(Cl)cc1C=CC(=O)Nc1cccc(CN2CCCC2=O)c1. The number of nitrogens with zero attached hydrogens (tertiary/aromatic N) is 1. The second-order valence-electron chi connectivity index (χ2n) is 6.33. The van der Waals surface area contributed by atoms with Gasteiger partial charge in [-0.1, -0.05) is 23.7 Å². The lowest BCUT2D eigenvalue weighted by atomic mass is 10.1. The molecule has 0 bridgehead atoms. The highest BCUT2D eigenvalue weighted by Gasteiger charge is 2.19. The van der Waals surface area contributed by atoms with E-state index >= 15 is 0 Å². The van der Waals surface area contributed by atoms with Gasteiger partial charge in [0.05, 0.1) is 7.11 Å². The average Bonchev–Trinajstić information content (AvgIpc) is 3.05. The number of carbonyl (C=O) groups excluding carboxylic acids is 2. The van der Waals surface area contributed by atoms with Crippen molar-refractivity contribution in [3.63, 3.8) is 0 Å². The van der Waals surface area contributed by atoms with Crippen LogP contribution in [0, 0.1) is 0 Å². The molecule has 1 aliphatic heterocycles. The molecule has 0 radical (unpaired) electrons. The van der Waals surface area contributed by atoms with Gasteiger partial charge in [-0.3, -0.25) is 9.59 Å². The number of ether oxygens (including phenoxy) is 1. The van der Waals surface area contributed by atoms with Crippen molar-refractivity contribution >= 4 is 35.2 Å². The van der Waals surface area contributed by atoms with E-state index in [0.29, 0.717) is 29.4 Å². The average molecular weight is 385 g/mol. The summed E-state index contributed by atoms with van der Waals surface area (Å²) in [6, 6.07) is 12.7. The Kier molecular flexibility index (Phi) is 6.14. The van der Waals surface area contributed by atoms with Gasteiger partial charge >= 0.3 is 0 Å². The van der Waals surface area contributed by atoms with Gasteiger partial charge in [0.1, 0.15) is 5.75 Å². The molecule has 0 unspecified atom stereocenters. The van der Waals surface area contributed by atoms with Gasteiger partial charge in [-0.15, -0.1) is 0 Å². The number of hydrogen-bond acceptors (Lipinski definition) is 3. The number of hydrogen-bond donors (Lipinski definition) is 1. The minimum atomic E-state index is -0.258. The zero-order chi connectivity index (χ0) is 19.2. The van der Waals surface area contributed by atoms with Gasteiger partial charge in [0.25, 0.3) is 0 Å². The second kappa shape index (κ2) is 8.73. The molecule has 0 atom stereocenters. The van der Waals surface area contributed by atoms with Crippen LogP contribution in [0.5, 0.6) is 5.75 Å². The Morgan fingerprint density at radius 3 is 2.89 bits per heavy atom. The van der Waals surface area contributed by atoms with Crippen molar-refractivity contribution in [1.82, 2.24) is 4.90 Å². The van der Waals surface area contributed by atoms with Crippen molar-refractivity contribution in [2.45, 2.75) is 19.4 Å². The molecular formula is C21H21ClN2O3. The minimum Gasteiger partial charge on any atom is -0.496 e. The molecule has 1 N–H and O–H groups in total. The molecular weight excluding hydrogens is 364 g/mol. The van der Waals surface area contributed by atoms with E-state index in [2.05, 4.69) is 5.32 Å². The van der Waals surface area contributed by atoms with Crippen LogP contribution in [0.3, 0.4) is 0 Å². The number of likely N-dealkylation sites (tertiary alicyclic amines) is 1. The Hall–Kier alpha value is -2.79. The lowest BCUT2D eigenvalue weighted by molar-refractivity contribution is -0.128. The summed E-state index contributed by atoms with van der Waals surface area (Å²) in [5.41, 5.74) is 2.40. The highest BCUT2D eigenvalue weighted by molar-refractivity contribution is 6.30. The number of rotatable bonds is 6. The molecule has 2 amide bonds. The first kappa shape index (κ1) is 19.0. The molecule has 1 fully saturated rings. The van der Waals surface area contributed by atoms with Crippen LogP contribution in [0.15, 0.2) is 48.5 Å². The van der Waals surface area contributed by atoms with E-state index in [1.165, 1.54) is 6.08 Å². The molecule has 140 valence electrons. The topological polar surface area (TPSA) is 58.6 Å². The molecule has 3 rings (SSSR count). The van der Waals surface area contributed by atoms with Gasteiger partial charge in [0.15, 0.2) is 0 Å². The number of nitrogens with one attached hydrogen (secondary N) is 1. The minimum absolute atomic E-state index is 0.183. The van der Waals surface area contributed by atoms with Crippen LogP contribution in [0.25, 0.3) is 6.08 Å². The van der Waals surface area contributed by atoms with E-state index in [0.717, 1.165) is 24.1 Å². The van der Waals surface area contributed by atoms with Crippen LogP contribution in [-0.4, -0.2) is 30.4 Å². The van der Waals surface area contributed by atoms with Crippen LogP contribution < -0.4 is 10.1 Å². The molecule has 0 saturated carbocycles. The van der Waals surface area contributed by atoms with E-state index in [9.17, 15) is 9.59 Å². The van der Waals surface area contributed by atoms with Crippen LogP contribution in [0.1, 0.15) is 24.0 Å². The van der Waals surface area contributed by atoms with E-state index < -0.39 is 0 Å². The smallest absolute Gasteiger partial charge is 0.248 e. The molecule has 0 aromatic heterocycles. The fourth-order valence-corrected chi connectivity index (χ4v) is 3.20. The summed E-state index contributed by atoms with van der Waals surface area (Å²) in [6.07, 6.45) is 4.62. The van der Waals surface area contributed by atoms with Crippen LogP contribution >= 0.6 is 11.6 Å². The maximum atomic E-state index is 12.2. The molecule has 1 aliphatic rings. The van der Waals surface area contributed by atoms with Gasteiger partial charge in [-0.25, -0.2) is 0 Å². The van der Waals surface area contributed by atoms with Crippen LogP contribution in [-0.2, 0) is 16.1 Å². The van der Waals surface area contributed by atoms with Gasteiger partial charge in [-0.05, 0) is 48.4 Å². The largest absolute Gasteiger partial charge is 0.496 e. The van der Waals surface area contributed by atoms with Gasteiger partial charge < -0.3 is 15.0 Å². The Morgan fingerprint density at radius 2 is 2.15 bits per heavy atom. The quantitative estimate of drug-likeness (QED) is 0.762. The molecule has 0 aliphatic carbocycles. The second-order valence-corrected chi connectivity index (χ2v) is 6.76. The van der Waals surface area contributed by atoms with Crippen LogP contribution in [0.4, 0.5) is 5.69 Å². The highest BCUT2D eigenvalue weighted by Crippen LogP contribution is 2.24. The summed E-state index contributed by atoms with van der Waals surface area (Å²) in [5, 5.41) is 3.41. The Balaban J connectivity index is 1.65. The molecule has 2 aromatic carbocycles. The van der Waals surface area contributed by atoms with E-state index in [1.807, 2.05) is 29.2 Å². The molecule has 5 nitrogen and oxygen atoms in total. The van der Waals surface area contributed by atoms with E-state index in [1.54, 1.807) is 31.4 Å². The van der Waals surface area contributed by atoms with Crippen molar-refractivity contribution in [1.29, 1.82) is 0 Å². The first-order valence-electron chi connectivity index (χ1n) is 8.74. The maximum absolute atomic E-state index is 12.2. The fourth-order valence-electron chi connectivity index (χ4n) is 3.02. The van der Waals surface area contributed by atoms with Crippen molar-refractivity contribution in [2.24, 2.45) is 0 Å². The predicted octanol–water partition coefficient (Wildman–Crippen LogP) is 4.12. The number of carbonyl (C=O) groups is 2. The molecule has 1 heterocycles. The zero-order valence-electron chi connectivity index (χ0n) is 15.1. The van der Waals surface area contributed by atoms with E-state index in [-0.39, 0.29) is 11.8 Å². The molecule has 1 saturated heterocycles. The van der Waals surface area contributed by atoms with Gasteiger partial charge in [0.2, 0.25) is 11.8 Å². The molecule has 2 aromatic rings. The Morgan fingerprint density at radius 1 is 1.30 bits per heavy atom. The highest BCUT2D eigenvalue weighted by atomic mass is 35.5. The summed E-state index contributed by atoms with van der Waals surface area (Å²) >= 11 is 6.00. The summed E-state index contributed by atoms with van der Waals surface area (Å²) in [6.45, 7) is 1.36. The van der Waals surface area contributed by atoms with Crippen molar-refractivity contribution in [2.75, 3.05) is 19.0 Å². The third-order valence-electron chi connectivity index (χ3n) is 4.35. The van der Waals surface area contributed by atoms with Crippen LogP contribution in [0.2, 0.25) is 5.02 Å². The van der Waals surface area contributed by atoms with Gasteiger partial charge in [-0.2, -0.15) is 0 Å². The number of methoxy groups -OCH3 is 1. The molecule has 6 heteroatoms. The Labute approximate surface area is 163 Å². The first-order valence-corrected chi connectivity index (χ1v) is 9.12. The zero-order valence-corrected chi connectivity index (χ0v) is 15.8. The first-order chi connectivity index (χ1) is 13.0. The Bertz CT molecular complexity index is 879. The fraction of sp³-hybridized carbons (Fsp3) is 0.238. The number of amides is 2. The van der Waals surface area contributed by atoms with Crippen molar-refractivity contribution in [3.05, 3.63) is 64.7 Å². The lowest BCUT2D eigenvalue weighted by Gasteiger charge is -2.16. The number of benzene rings is 2. The van der Waals surface area contributed by atoms with Crippen molar-refractivity contribution in [3.8, 4) is 5.75 Å². The normalized spacial score (nSPS) is 14.0. The van der Waals surface area contributed by atoms with E-state index in [4.69, 9.17) is 16.3 Å². The third-order valence-corrected chi connectivity index (χ3v) is 4.58. The number of halogens is 1. The summed E-state index contributed by atoms with van der Waals surface area (Å²) in [4.78, 5) is 25.8. The third kappa shape index (κ3) is 5.11. The van der Waals surface area contributed by atoms with Crippen molar-refractivity contribution < 1.29 is 14.3 Å². The van der Waals surface area contributed by atoms with Gasteiger partial charge in [0, 0.05) is 41.9 Å². The maximum Gasteiger partial charge on any atom is 0.248 e. The standard InChI is InChI=1S/C21H21ClN2O3/c1-27-19-9-8-17(22)13-16(19)7-10-20(25)23-18-5-2-4-15(12-18)14-24-11-3-6-21(24)26/h2,4-5,7-10,12-13H,3,6,11,14H2,1H3,(H,23,25). The monoisotopic (exact) mass is 384 g/mol. The molecule has 0 spiro atoms. The predicted molar refractivity (Wildman–Crippen MR) is 107 cm³/mol.